The molecule has 32 heavy (non-hydrogen) atoms. The normalized spacial score (nSPS) is 16.2. The highest BCUT2D eigenvalue weighted by molar-refractivity contribution is 6.30. The fourth-order valence-electron chi connectivity index (χ4n) is 4.65. The molecule has 1 aliphatic rings. The predicted molar refractivity (Wildman–Crippen MR) is 129 cm³/mol. The van der Waals surface area contributed by atoms with Crippen LogP contribution in [0.25, 0.3) is 21.8 Å². The van der Waals surface area contributed by atoms with Crippen molar-refractivity contribution in [3.05, 3.63) is 77.3 Å². The maximum absolute atomic E-state index is 12.9. The Labute approximate surface area is 191 Å². The number of fused-ring (bicyclic) bond motifs is 3. The second-order valence-electron chi connectivity index (χ2n) is 8.21. The molecule has 5 rings (SSSR count). The van der Waals surface area contributed by atoms with Gasteiger partial charge >= 0.3 is 0 Å². The van der Waals surface area contributed by atoms with E-state index in [1.807, 2.05) is 54.6 Å². The van der Waals surface area contributed by atoms with Crippen LogP contribution in [0.3, 0.4) is 0 Å². The zero-order valence-corrected chi connectivity index (χ0v) is 18.6. The summed E-state index contributed by atoms with van der Waals surface area (Å²) in [6.45, 7) is 4.06. The summed E-state index contributed by atoms with van der Waals surface area (Å²) in [6, 6.07) is 21.7. The number of aryl methyl sites for hydroxylation is 1. The molecule has 1 atom stereocenters. The number of amides is 2. The molecule has 1 fully saturated rings. The van der Waals surface area contributed by atoms with Gasteiger partial charge in [0.05, 0.1) is 0 Å². The first-order valence-electron chi connectivity index (χ1n) is 10.9. The average molecular weight is 446 g/mol. The van der Waals surface area contributed by atoms with Crippen molar-refractivity contribution < 1.29 is 9.59 Å². The van der Waals surface area contributed by atoms with Crippen LogP contribution in [0.2, 0.25) is 5.02 Å². The van der Waals surface area contributed by atoms with Crippen LogP contribution in [0.15, 0.2) is 66.7 Å². The molecule has 5 nitrogen and oxygen atoms in total. The standard InChI is InChI=1S/C26H24ClN3O2/c1-2-30-23-6-4-3-5-20(23)22-15-19(11-12-24(22)30)28-25(31)21-13-14-29(26(21)32)16-17-7-9-18(27)10-8-17/h3-12,15,21H,2,13-14,16H2,1H3,(H,28,31). The van der Waals surface area contributed by atoms with Gasteiger partial charge in [0.1, 0.15) is 5.92 Å². The predicted octanol–water partition coefficient (Wildman–Crippen LogP) is 5.46. The van der Waals surface area contributed by atoms with Gasteiger partial charge in [-0.05, 0) is 55.3 Å². The van der Waals surface area contributed by atoms with Crippen molar-refractivity contribution in [1.29, 1.82) is 0 Å². The van der Waals surface area contributed by atoms with Crippen LogP contribution in [0.5, 0.6) is 0 Å². The monoisotopic (exact) mass is 445 g/mol. The van der Waals surface area contributed by atoms with E-state index in [4.69, 9.17) is 11.6 Å². The van der Waals surface area contributed by atoms with Gasteiger partial charge in [0.2, 0.25) is 11.8 Å². The molecule has 162 valence electrons. The van der Waals surface area contributed by atoms with Crippen LogP contribution in [-0.2, 0) is 22.7 Å². The van der Waals surface area contributed by atoms with E-state index in [9.17, 15) is 9.59 Å². The van der Waals surface area contributed by atoms with Crippen molar-refractivity contribution in [3.8, 4) is 0 Å². The van der Waals surface area contributed by atoms with Gasteiger partial charge in [-0.15, -0.1) is 0 Å². The Bertz CT molecular complexity index is 1330. The van der Waals surface area contributed by atoms with Gasteiger partial charge in [-0.25, -0.2) is 0 Å². The Hall–Kier alpha value is -3.31. The highest BCUT2D eigenvalue weighted by atomic mass is 35.5. The van der Waals surface area contributed by atoms with E-state index in [0.29, 0.717) is 30.2 Å². The van der Waals surface area contributed by atoms with Gasteiger partial charge < -0.3 is 14.8 Å². The van der Waals surface area contributed by atoms with Crippen LogP contribution in [-0.4, -0.2) is 27.8 Å². The lowest BCUT2D eigenvalue weighted by molar-refractivity contribution is -0.136. The van der Waals surface area contributed by atoms with Crippen LogP contribution < -0.4 is 5.32 Å². The number of likely N-dealkylation sites (tertiary alicyclic amines) is 1. The number of nitrogens with one attached hydrogen (secondary N) is 1. The van der Waals surface area contributed by atoms with Crippen molar-refractivity contribution in [2.45, 2.75) is 26.4 Å². The highest BCUT2D eigenvalue weighted by Crippen LogP contribution is 2.31. The van der Waals surface area contributed by atoms with Crippen LogP contribution >= 0.6 is 11.6 Å². The third kappa shape index (κ3) is 3.63. The number of halogens is 1. The lowest BCUT2D eigenvalue weighted by Gasteiger charge is -2.17. The lowest BCUT2D eigenvalue weighted by Crippen LogP contribution is -2.32. The number of nitrogens with zero attached hydrogens (tertiary/aromatic N) is 2. The van der Waals surface area contributed by atoms with Gasteiger partial charge in [-0.3, -0.25) is 9.59 Å². The molecule has 2 amide bonds. The lowest BCUT2D eigenvalue weighted by atomic mass is 10.1. The Morgan fingerprint density at radius 1 is 1.03 bits per heavy atom. The van der Waals surface area contributed by atoms with Gasteiger partial charge in [0.15, 0.2) is 0 Å². The topological polar surface area (TPSA) is 54.3 Å². The summed E-state index contributed by atoms with van der Waals surface area (Å²) in [5, 5.41) is 5.90. The molecule has 1 unspecified atom stereocenters. The summed E-state index contributed by atoms with van der Waals surface area (Å²) < 4.78 is 2.27. The van der Waals surface area contributed by atoms with E-state index in [1.54, 1.807) is 4.90 Å². The third-order valence-corrected chi connectivity index (χ3v) is 6.51. The van der Waals surface area contributed by atoms with Gasteiger partial charge in [-0.2, -0.15) is 0 Å². The van der Waals surface area contributed by atoms with Crippen LogP contribution in [0.1, 0.15) is 18.9 Å². The number of carbonyl (C=O) groups excluding carboxylic acids is 2. The number of anilines is 1. The van der Waals surface area contributed by atoms with E-state index in [-0.39, 0.29) is 11.8 Å². The first-order valence-corrected chi connectivity index (χ1v) is 11.3. The number of hydrogen-bond acceptors (Lipinski definition) is 2. The Kier molecular flexibility index (Phi) is 5.35. The molecule has 1 N–H and O–H groups in total. The van der Waals surface area contributed by atoms with Crippen molar-refractivity contribution >= 4 is 50.9 Å². The fourth-order valence-corrected chi connectivity index (χ4v) is 4.78. The van der Waals surface area contributed by atoms with Crippen LogP contribution in [0.4, 0.5) is 5.69 Å². The number of hydrogen-bond donors (Lipinski definition) is 1. The molecule has 3 aromatic carbocycles. The summed E-state index contributed by atoms with van der Waals surface area (Å²) in [7, 11) is 0. The second-order valence-corrected chi connectivity index (χ2v) is 8.65. The molecule has 0 bridgehead atoms. The molecule has 0 radical (unpaired) electrons. The van der Waals surface area contributed by atoms with E-state index in [1.165, 1.54) is 5.52 Å². The van der Waals surface area contributed by atoms with Gasteiger partial charge in [-0.1, -0.05) is 41.9 Å². The van der Waals surface area contributed by atoms with Crippen molar-refractivity contribution in [2.75, 3.05) is 11.9 Å². The SMILES string of the molecule is CCn1c2ccccc2c2cc(NC(=O)C3CCN(Cc4ccc(Cl)cc4)C3=O)ccc21. The second kappa shape index (κ2) is 8.32. The minimum Gasteiger partial charge on any atom is -0.341 e. The zero-order chi connectivity index (χ0) is 22.2. The molecule has 0 saturated carbocycles. The maximum atomic E-state index is 12.9. The zero-order valence-electron chi connectivity index (χ0n) is 17.8. The molecule has 2 heterocycles. The fraction of sp³-hybridized carbons (Fsp3) is 0.231. The first-order chi connectivity index (χ1) is 15.5. The number of rotatable bonds is 5. The summed E-state index contributed by atoms with van der Waals surface area (Å²) in [5.74, 6) is -1.02. The van der Waals surface area contributed by atoms with Crippen molar-refractivity contribution in [1.82, 2.24) is 9.47 Å². The van der Waals surface area contributed by atoms with Gasteiger partial charge in [0, 0.05) is 52.2 Å². The highest BCUT2D eigenvalue weighted by Gasteiger charge is 2.36. The average Bonchev–Trinajstić information content (AvgIpc) is 3.32. The number of para-hydroxylation sites is 1. The van der Waals surface area contributed by atoms with Gasteiger partial charge in [0.25, 0.3) is 0 Å². The van der Waals surface area contributed by atoms with E-state index >= 15 is 0 Å². The van der Waals surface area contributed by atoms with E-state index < -0.39 is 5.92 Å². The molecular formula is C26H24ClN3O2. The molecule has 1 aliphatic heterocycles. The molecule has 1 aromatic heterocycles. The van der Waals surface area contributed by atoms with Crippen LogP contribution in [0, 0.1) is 5.92 Å². The smallest absolute Gasteiger partial charge is 0.237 e. The minimum atomic E-state index is -0.657. The third-order valence-electron chi connectivity index (χ3n) is 6.26. The quantitative estimate of drug-likeness (QED) is 0.415. The molecular weight excluding hydrogens is 422 g/mol. The summed E-state index contributed by atoms with van der Waals surface area (Å²) >= 11 is 5.94. The Morgan fingerprint density at radius 3 is 2.56 bits per heavy atom. The Balaban J connectivity index is 1.34. The minimum absolute atomic E-state index is 0.124. The van der Waals surface area contributed by atoms with Crippen molar-refractivity contribution in [2.24, 2.45) is 5.92 Å². The molecule has 6 heteroatoms. The molecule has 4 aromatic rings. The Morgan fingerprint density at radius 2 is 1.78 bits per heavy atom. The number of aromatic nitrogens is 1. The summed E-state index contributed by atoms with van der Waals surface area (Å²) in [6.07, 6.45) is 0.523. The molecule has 1 saturated heterocycles. The summed E-state index contributed by atoms with van der Waals surface area (Å²) in [4.78, 5) is 27.6. The van der Waals surface area contributed by atoms with E-state index in [2.05, 4.69) is 28.9 Å². The first kappa shape index (κ1) is 20.6. The largest absolute Gasteiger partial charge is 0.341 e. The number of benzene rings is 3. The van der Waals surface area contributed by atoms with Crippen molar-refractivity contribution in [3.63, 3.8) is 0 Å². The number of carbonyl (C=O) groups is 2. The molecule has 0 spiro atoms. The maximum Gasteiger partial charge on any atom is 0.237 e. The van der Waals surface area contributed by atoms with E-state index in [0.717, 1.165) is 28.4 Å². The summed E-state index contributed by atoms with van der Waals surface area (Å²) in [5.41, 5.74) is 4.03. The molecule has 0 aliphatic carbocycles.